The Kier molecular flexibility index (Phi) is 2.28. The van der Waals surface area contributed by atoms with Gasteiger partial charge < -0.3 is 10.5 Å². The summed E-state index contributed by atoms with van der Waals surface area (Å²) < 4.78 is 5.74. The average Bonchev–Trinajstić information content (AvgIpc) is 3.16. The summed E-state index contributed by atoms with van der Waals surface area (Å²) in [6.07, 6.45) is 6.72. The molecule has 0 aliphatic heterocycles. The van der Waals surface area contributed by atoms with E-state index in [4.69, 9.17) is 10.5 Å². The van der Waals surface area contributed by atoms with Crippen LogP contribution >= 0.6 is 0 Å². The highest BCUT2D eigenvalue weighted by molar-refractivity contribution is 5.80. The molecule has 0 spiro atoms. The molecule has 0 saturated heterocycles. The van der Waals surface area contributed by atoms with Gasteiger partial charge in [0.15, 0.2) is 0 Å². The van der Waals surface area contributed by atoms with Crippen LogP contribution in [0, 0.1) is 0 Å². The minimum absolute atomic E-state index is 0.372. The first-order chi connectivity index (χ1) is 9.31. The van der Waals surface area contributed by atoms with Gasteiger partial charge in [-0.15, -0.1) is 0 Å². The second-order valence-electron chi connectivity index (χ2n) is 5.36. The van der Waals surface area contributed by atoms with Gasteiger partial charge in [0.05, 0.1) is 0 Å². The standard InChI is InChI=1S/C16H16N2O/c17-16-13-5-1-10(13)2-6-14(16)11-7-8-18-15(9-11)19-12-3-4-12/h2,6-9,12H,1,3-5,17H2. The van der Waals surface area contributed by atoms with E-state index in [9.17, 15) is 0 Å². The van der Waals surface area contributed by atoms with E-state index in [1.807, 2.05) is 12.1 Å². The van der Waals surface area contributed by atoms with Crippen LogP contribution in [-0.2, 0) is 12.8 Å². The Labute approximate surface area is 112 Å². The van der Waals surface area contributed by atoms with Gasteiger partial charge >= 0.3 is 0 Å². The van der Waals surface area contributed by atoms with E-state index in [0.717, 1.165) is 42.5 Å². The first-order valence-electron chi connectivity index (χ1n) is 6.84. The summed E-state index contributed by atoms with van der Waals surface area (Å²) in [6.45, 7) is 0. The molecular formula is C16H16N2O. The van der Waals surface area contributed by atoms with Crippen molar-refractivity contribution in [2.75, 3.05) is 5.73 Å². The highest BCUT2D eigenvalue weighted by Crippen LogP contribution is 2.37. The van der Waals surface area contributed by atoms with Gasteiger partial charge in [-0.25, -0.2) is 4.98 Å². The number of nitrogens with two attached hydrogens (primary N) is 1. The molecule has 1 aromatic heterocycles. The number of benzene rings is 1. The number of nitrogen functional groups attached to an aromatic ring is 1. The van der Waals surface area contributed by atoms with Gasteiger partial charge in [-0.1, -0.05) is 12.1 Å². The Bertz CT molecular complexity index is 647. The van der Waals surface area contributed by atoms with Crippen molar-refractivity contribution in [3.63, 3.8) is 0 Å². The smallest absolute Gasteiger partial charge is 0.214 e. The zero-order valence-corrected chi connectivity index (χ0v) is 10.7. The van der Waals surface area contributed by atoms with E-state index in [0.29, 0.717) is 12.0 Å². The van der Waals surface area contributed by atoms with Gasteiger partial charge in [0.25, 0.3) is 0 Å². The maximum absolute atomic E-state index is 6.27. The topological polar surface area (TPSA) is 48.1 Å². The summed E-state index contributed by atoms with van der Waals surface area (Å²) >= 11 is 0. The van der Waals surface area contributed by atoms with Crippen molar-refractivity contribution in [1.82, 2.24) is 4.98 Å². The summed E-state index contributed by atoms with van der Waals surface area (Å²) in [4.78, 5) is 4.27. The highest BCUT2D eigenvalue weighted by atomic mass is 16.5. The van der Waals surface area contributed by atoms with Crippen LogP contribution in [0.15, 0.2) is 30.5 Å². The molecule has 2 N–H and O–H groups in total. The molecule has 1 fully saturated rings. The van der Waals surface area contributed by atoms with Crippen molar-refractivity contribution in [1.29, 1.82) is 0 Å². The number of hydrogen-bond acceptors (Lipinski definition) is 3. The average molecular weight is 252 g/mol. The third-order valence-electron chi connectivity index (χ3n) is 3.96. The van der Waals surface area contributed by atoms with Crippen LogP contribution in [0.25, 0.3) is 11.1 Å². The van der Waals surface area contributed by atoms with Crippen LogP contribution in [0.4, 0.5) is 5.69 Å². The van der Waals surface area contributed by atoms with Gasteiger partial charge in [-0.3, -0.25) is 0 Å². The van der Waals surface area contributed by atoms with Crippen molar-refractivity contribution in [3.8, 4) is 17.0 Å². The minimum Gasteiger partial charge on any atom is -0.474 e. The molecule has 2 aliphatic carbocycles. The maximum Gasteiger partial charge on any atom is 0.214 e. The highest BCUT2D eigenvalue weighted by Gasteiger charge is 2.24. The van der Waals surface area contributed by atoms with Crippen molar-refractivity contribution in [2.24, 2.45) is 0 Å². The molecule has 19 heavy (non-hydrogen) atoms. The lowest BCUT2D eigenvalue weighted by molar-refractivity contribution is 0.291. The van der Waals surface area contributed by atoms with Gasteiger partial charge in [0.2, 0.25) is 5.88 Å². The Balaban J connectivity index is 1.73. The first-order valence-corrected chi connectivity index (χ1v) is 6.84. The van der Waals surface area contributed by atoms with Gasteiger partial charge in [-0.2, -0.15) is 0 Å². The Morgan fingerprint density at radius 3 is 2.79 bits per heavy atom. The zero-order valence-electron chi connectivity index (χ0n) is 10.7. The molecule has 0 bridgehead atoms. The van der Waals surface area contributed by atoms with Crippen LogP contribution in [0.1, 0.15) is 24.0 Å². The maximum atomic E-state index is 6.27. The fourth-order valence-electron chi connectivity index (χ4n) is 2.57. The third-order valence-corrected chi connectivity index (χ3v) is 3.96. The van der Waals surface area contributed by atoms with E-state index >= 15 is 0 Å². The van der Waals surface area contributed by atoms with Crippen LogP contribution < -0.4 is 10.5 Å². The number of aromatic nitrogens is 1. The largest absolute Gasteiger partial charge is 0.474 e. The molecule has 2 aliphatic rings. The molecule has 1 saturated carbocycles. The molecule has 0 atom stereocenters. The van der Waals surface area contributed by atoms with Crippen LogP contribution in [0.5, 0.6) is 5.88 Å². The van der Waals surface area contributed by atoms with Gasteiger partial charge in [-0.05, 0) is 48.4 Å². The molecule has 1 aromatic carbocycles. The zero-order chi connectivity index (χ0) is 12.8. The lowest BCUT2D eigenvalue weighted by Gasteiger charge is -2.23. The van der Waals surface area contributed by atoms with E-state index < -0.39 is 0 Å². The number of ether oxygens (including phenoxy) is 1. The number of anilines is 1. The Hall–Kier alpha value is -2.03. The van der Waals surface area contributed by atoms with E-state index in [1.54, 1.807) is 6.20 Å². The number of aryl methyl sites for hydroxylation is 1. The molecule has 0 amide bonds. The van der Waals surface area contributed by atoms with Crippen LogP contribution in [-0.4, -0.2) is 11.1 Å². The monoisotopic (exact) mass is 252 g/mol. The summed E-state index contributed by atoms with van der Waals surface area (Å²) in [5.74, 6) is 0.710. The van der Waals surface area contributed by atoms with E-state index in [1.165, 1.54) is 11.1 Å². The molecule has 96 valence electrons. The third kappa shape index (κ3) is 1.86. The SMILES string of the molecule is Nc1c(-c2ccnc(OC3CC3)c2)ccc2c1CC2. The summed E-state index contributed by atoms with van der Waals surface area (Å²) in [7, 11) is 0. The molecular weight excluding hydrogens is 236 g/mol. The van der Waals surface area contributed by atoms with Crippen LogP contribution in [0.3, 0.4) is 0 Å². The van der Waals surface area contributed by atoms with Crippen molar-refractivity contribution < 1.29 is 4.74 Å². The summed E-state index contributed by atoms with van der Waals surface area (Å²) in [6, 6.07) is 8.29. The molecule has 3 nitrogen and oxygen atoms in total. The van der Waals surface area contributed by atoms with Gasteiger partial charge in [0.1, 0.15) is 6.10 Å². The predicted molar refractivity (Wildman–Crippen MR) is 75.1 cm³/mol. The lowest BCUT2D eigenvalue weighted by atomic mass is 9.84. The second kappa shape index (κ2) is 3.98. The summed E-state index contributed by atoms with van der Waals surface area (Å²) in [5, 5.41) is 0. The normalized spacial score (nSPS) is 16.6. The minimum atomic E-state index is 0.372. The molecule has 3 heteroatoms. The number of hydrogen-bond donors (Lipinski definition) is 1. The Morgan fingerprint density at radius 1 is 1.16 bits per heavy atom. The van der Waals surface area contributed by atoms with Crippen LogP contribution in [0.2, 0.25) is 0 Å². The quantitative estimate of drug-likeness (QED) is 0.854. The van der Waals surface area contributed by atoms with Crippen molar-refractivity contribution >= 4 is 5.69 Å². The predicted octanol–water partition coefficient (Wildman–Crippen LogP) is 2.97. The van der Waals surface area contributed by atoms with Crippen molar-refractivity contribution in [2.45, 2.75) is 31.8 Å². The lowest BCUT2D eigenvalue weighted by Crippen LogP contribution is -2.12. The number of pyridine rings is 1. The van der Waals surface area contributed by atoms with Gasteiger partial charge in [0, 0.05) is 23.5 Å². The molecule has 2 aromatic rings. The summed E-state index contributed by atoms with van der Waals surface area (Å²) in [5.41, 5.74) is 12.1. The van der Waals surface area contributed by atoms with E-state index in [2.05, 4.69) is 17.1 Å². The number of nitrogens with zero attached hydrogens (tertiary/aromatic N) is 1. The fourth-order valence-corrected chi connectivity index (χ4v) is 2.57. The Morgan fingerprint density at radius 2 is 2.05 bits per heavy atom. The number of rotatable bonds is 3. The van der Waals surface area contributed by atoms with Crippen molar-refractivity contribution in [3.05, 3.63) is 41.6 Å². The molecule has 0 unspecified atom stereocenters. The fraction of sp³-hybridized carbons (Fsp3) is 0.312. The second-order valence-corrected chi connectivity index (χ2v) is 5.36. The molecule has 1 heterocycles. The molecule has 0 radical (unpaired) electrons. The number of fused-ring (bicyclic) bond motifs is 1. The van der Waals surface area contributed by atoms with E-state index in [-0.39, 0.29) is 0 Å². The molecule has 4 rings (SSSR count). The first kappa shape index (κ1) is 10.9.